The van der Waals surface area contributed by atoms with Crippen molar-refractivity contribution in [3.8, 4) is 0 Å². The van der Waals surface area contributed by atoms with Crippen molar-refractivity contribution in [2.45, 2.75) is 39.5 Å². The number of carbonyl (C=O) groups excluding carboxylic acids is 1. The molecule has 0 bridgehead atoms. The summed E-state index contributed by atoms with van der Waals surface area (Å²) < 4.78 is 0. The average molecular weight is 351 g/mol. The van der Waals surface area contributed by atoms with Crippen LogP contribution in [0.1, 0.15) is 45.1 Å². The van der Waals surface area contributed by atoms with Crippen LogP contribution in [0.3, 0.4) is 0 Å². The van der Waals surface area contributed by atoms with Gasteiger partial charge in [-0.05, 0) is 48.4 Å². The fourth-order valence-corrected chi connectivity index (χ4v) is 3.34. The highest BCUT2D eigenvalue weighted by molar-refractivity contribution is 8.18. The van der Waals surface area contributed by atoms with E-state index in [-0.39, 0.29) is 5.91 Å². The molecule has 1 aliphatic rings. The standard InChI is InChI=1S/C18H23ClN2OS/c1-3-5-11-20-18-21(12-6-4-2)17(22)16(23-18)13-14-7-9-15(19)10-8-14/h7-10,13H,3-6,11-12H2,1-2H3. The molecule has 23 heavy (non-hydrogen) atoms. The van der Waals surface area contributed by atoms with Crippen molar-refractivity contribution in [1.82, 2.24) is 4.90 Å². The van der Waals surface area contributed by atoms with E-state index in [1.807, 2.05) is 35.2 Å². The molecule has 1 aromatic rings. The van der Waals surface area contributed by atoms with Gasteiger partial charge in [0, 0.05) is 18.1 Å². The van der Waals surface area contributed by atoms with E-state index < -0.39 is 0 Å². The number of rotatable bonds is 7. The Labute approximate surface area is 147 Å². The quantitative estimate of drug-likeness (QED) is 0.499. The first-order chi connectivity index (χ1) is 11.2. The molecule has 3 nitrogen and oxygen atoms in total. The molecular formula is C18H23ClN2OS. The van der Waals surface area contributed by atoms with Gasteiger partial charge in [0.1, 0.15) is 0 Å². The second kappa shape index (κ2) is 9.14. The molecule has 1 amide bonds. The van der Waals surface area contributed by atoms with Crippen molar-refractivity contribution in [1.29, 1.82) is 0 Å². The molecule has 0 radical (unpaired) electrons. The first kappa shape index (κ1) is 18.1. The first-order valence-corrected chi connectivity index (χ1v) is 9.36. The average Bonchev–Trinajstić information content (AvgIpc) is 2.83. The van der Waals surface area contributed by atoms with Crippen LogP contribution in [0.2, 0.25) is 5.02 Å². The van der Waals surface area contributed by atoms with Crippen LogP contribution in [0.5, 0.6) is 0 Å². The number of halogens is 1. The molecule has 1 aromatic carbocycles. The van der Waals surface area contributed by atoms with Gasteiger partial charge in [-0.1, -0.05) is 50.4 Å². The van der Waals surface area contributed by atoms with E-state index in [0.29, 0.717) is 5.02 Å². The highest BCUT2D eigenvalue weighted by Gasteiger charge is 2.32. The number of aliphatic imine (C=N–C) groups is 1. The predicted molar refractivity (Wildman–Crippen MR) is 101 cm³/mol. The molecule has 0 aliphatic carbocycles. The predicted octanol–water partition coefficient (Wildman–Crippen LogP) is 5.21. The monoisotopic (exact) mass is 350 g/mol. The van der Waals surface area contributed by atoms with E-state index in [9.17, 15) is 4.79 Å². The van der Waals surface area contributed by atoms with Crippen LogP contribution in [-0.2, 0) is 4.79 Å². The van der Waals surface area contributed by atoms with Crippen molar-refractivity contribution < 1.29 is 4.79 Å². The normalized spacial score (nSPS) is 18.4. The van der Waals surface area contributed by atoms with Crippen molar-refractivity contribution in [2.24, 2.45) is 4.99 Å². The SMILES string of the molecule is CCCCN=C1SC(=Cc2ccc(Cl)cc2)C(=O)N1CCCC. The number of unbranched alkanes of at least 4 members (excludes halogenated alkanes) is 2. The van der Waals surface area contributed by atoms with Gasteiger partial charge in [-0.3, -0.25) is 14.7 Å². The van der Waals surface area contributed by atoms with Gasteiger partial charge < -0.3 is 0 Å². The smallest absolute Gasteiger partial charge is 0.266 e. The fourth-order valence-electron chi connectivity index (χ4n) is 2.18. The van der Waals surface area contributed by atoms with Crippen molar-refractivity contribution >= 4 is 40.5 Å². The fraction of sp³-hybridized carbons (Fsp3) is 0.444. The van der Waals surface area contributed by atoms with Crippen LogP contribution in [0.15, 0.2) is 34.2 Å². The maximum Gasteiger partial charge on any atom is 0.266 e. The van der Waals surface area contributed by atoms with Crippen LogP contribution in [-0.4, -0.2) is 29.1 Å². The zero-order valence-corrected chi connectivity index (χ0v) is 15.3. The lowest BCUT2D eigenvalue weighted by molar-refractivity contribution is -0.122. The van der Waals surface area contributed by atoms with E-state index in [4.69, 9.17) is 11.6 Å². The summed E-state index contributed by atoms with van der Waals surface area (Å²) in [6.45, 7) is 5.80. The first-order valence-electron chi connectivity index (χ1n) is 8.17. The van der Waals surface area contributed by atoms with E-state index in [0.717, 1.165) is 54.4 Å². The summed E-state index contributed by atoms with van der Waals surface area (Å²) >= 11 is 7.39. The zero-order valence-electron chi connectivity index (χ0n) is 13.7. The Balaban J connectivity index is 2.19. The van der Waals surface area contributed by atoms with Crippen molar-refractivity contribution in [3.63, 3.8) is 0 Å². The molecule has 1 aliphatic heterocycles. The van der Waals surface area contributed by atoms with Crippen LogP contribution in [0.4, 0.5) is 0 Å². The summed E-state index contributed by atoms with van der Waals surface area (Å²) in [5.74, 6) is 0.0636. The number of thioether (sulfide) groups is 1. The molecular weight excluding hydrogens is 328 g/mol. The van der Waals surface area contributed by atoms with E-state index in [2.05, 4.69) is 18.8 Å². The lowest BCUT2D eigenvalue weighted by Gasteiger charge is -2.14. The Morgan fingerprint density at radius 3 is 2.52 bits per heavy atom. The largest absolute Gasteiger partial charge is 0.287 e. The van der Waals surface area contributed by atoms with E-state index in [1.54, 1.807) is 0 Å². The number of hydrogen-bond donors (Lipinski definition) is 0. The number of hydrogen-bond acceptors (Lipinski definition) is 3. The lowest BCUT2D eigenvalue weighted by atomic mass is 10.2. The third-order valence-corrected chi connectivity index (χ3v) is 4.85. The second-order valence-corrected chi connectivity index (χ2v) is 6.94. The summed E-state index contributed by atoms with van der Waals surface area (Å²) in [6.07, 6.45) is 6.14. The molecule has 2 rings (SSSR count). The third kappa shape index (κ3) is 5.11. The van der Waals surface area contributed by atoms with Gasteiger partial charge in [-0.15, -0.1) is 0 Å². The highest BCUT2D eigenvalue weighted by Crippen LogP contribution is 2.33. The minimum absolute atomic E-state index is 0.0636. The Morgan fingerprint density at radius 1 is 1.17 bits per heavy atom. The number of amides is 1. The maximum absolute atomic E-state index is 12.7. The number of nitrogens with zero attached hydrogens (tertiary/aromatic N) is 2. The summed E-state index contributed by atoms with van der Waals surface area (Å²) in [4.78, 5) is 19.8. The van der Waals surface area contributed by atoms with Crippen molar-refractivity contribution in [3.05, 3.63) is 39.8 Å². The minimum Gasteiger partial charge on any atom is -0.287 e. The molecule has 1 heterocycles. The third-order valence-electron chi connectivity index (χ3n) is 3.55. The summed E-state index contributed by atoms with van der Waals surface area (Å²) in [7, 11) is 0. The molecule has 124 valence electrons. The van der Waals surface area contributed by atoms with Crippen LogP contribution >= 0.6 is 23.4 Å². The van der Waals surface area contributed by atoms with Gasteiger partial charge >= 0.3 is 0 Å². The Bertz CT molecular complexity index is 596. The Morgan fingerprint density at radius 2 is 1.87 bits per heavy atom. The highest BCUT2D eigenvalue weighted by atomic mass is 35.5. The topological polar surface area (TPSA) is 32.7 Å². The Kier molecular flexibility index (Phi) is 7.18. The van der Waals surface area contributed by atoms with Gasteiger partial charge in [-0.25, -0.2) is 0 Å². The van der Waals surface area contributed by atoms with Crippen LogP contribution in [0, 0.1) is 0 Å². The van der Waals surface area contributed by atoms with E-state index >= 15 is 0 Å². The minimum atomic E-state index is 0.0636. The molecule has 5 heteroatoms. The molecule has 1 fully saturated rings. The summed E-state index contributed by atoms with van der Waals surface area (Å²) in [5, 5.41) is 1.54. The molecule has 0 unspecified atom stereocenters. The van der Waals surface area contributed by atoms with Crippen LogP contribution in [0.25, 0.3) is 6.08 Å². The van der Waals surface area contributed by atoms with Gasteiger partial charge in [0.15, 0.2) is 5.17 Å². The van der Waals surface area contributed by atoms with E-state index in [1.165, 1.54) is 11.8 Å². The summed E-state index contributed by atoms with van der Waals surface area (Å²) in [5.41, 5.74) is 0.982. The Hall–Kier alpha value is -1.26. The molecule has 0 N–H and O–H groups in total. The van der Waals surface area contributed by atoms with Crippen molar-refractivity contribution in [2.75, 3.05) is 13.1 Å². The molecule has 1 saturated heterocycles. The number of amidine groups is 1. The molecule has 0 aromatic heterocycles. The molecule has 0 saturated carbocycles. The van der Waals surface area contributed by atoms with Gasteiger partial charge in [-0.2, -0.15) is 0 Å². The molecule has 0 atom stereocenters. The second-order valence-electron chi connectivity index (χ2n) is 5.49. The molecule has 0 spiro atoms. The number of carbonyl (C=O) groups is 1. The summed E-state index contributed by atoms with van der Waals surface area (Å²) in [6, 6.07) is 7.52. The van der Waals surface area contributed by atoms with Crippen LogP contribution < -0.4 is 0 Å². The maximum atomic E-state index is 12.7. The lowest BCUT2D eigenvalue weighted by Crippen LogP contribution is -2.30. The van der Waals surface area contributed by atoms with Gasteiger partial charge in [0.05, 0.1) is 4.91 Å². The van der Waals surface area contributed by atoms with Gasteiger partial charge in [0.25, 0.3) is 5.91 Å². The zero-order chi connectivity index (χ0) is 16.7. The number of benzene rings is 1. The van der Waals surface area contributed by atoms with Gasteiger partial charge in [0.2, 0.25) is 0 Å².